The monoisotopic (exact) mass is 271 g/mol. The van der Waals surface area contributed by atoms with Crippen LogP contribution in [0.25, 0.3) is 10.9 Å². The van der Waals surface area contributed by atoms with Crippen LogP contribution in [0.5, 0.6) is 0 Å². The van der Waals surface area contributed by atoms with Crippen LogP contribution in [-0.2, 0) is 0 Å². The zero-order valence-electron chi connectivity index (χ0n) is 9.85. The molecule has 2 aromatic heterocycles. The molecule has 0 aliphatic carbocycles. The zero-order valence-corrected chi connectivity index (χ0v) is 10.6. The summed E-state index contributed by atoms with van der Waals surface area (Å²) >= 11 is 5.83. The Labute approximate surface area is 114 Å². The van der Waals surface area contributed by atoms with Gasteiger partial charge >= 0.3 is 0 Å². The van der Waals surface area contributed by atoms with Gasteiger partial charge in [0.25, 0.3) is 5.91 Å². The normalized spacial score (nSPS) is 10.6. The van der Waals surface area contributed by atoms with Gasteiger partial charge in [-0.25, -0.2) is 0 Å². The minimum absolute atomic E-state index is 0.280. The van der Waals surface area contributed by atoms with Gasteiger partial charge in [0.2, 0.25) is 0 Å². The summed E-state index contributed by atoms with van der Waals surface area (Å²) in [5.41, 5.74) is 2.04. The molecule has 0 bridgehead atoms. The van der Waals surface area contributed by atoms with Gasteiger partial charge in [0, 0.05) is 34.0 Å². The summed E-state index contributed by atoms with van der Waals surface area (Å²) in [6, 6.07) is 10.8. The van der Waals surface area contributed by atoms with Crippen molar-refractivity contribution < 1.29 is 4.79 Å². The van der Waals surface area contributed by atoms with E-state index >= 15 is 0 Å². The highest BCUT2D eigenvalue weighted by Crippen LogP contribution is 2.18. The smallest absolute Gasteiger partial charge is 0.274 e. The SMILES string of the molecule is O=C(Nc1ccc2[nH]ccc2c1)c1cc(Cl)ccn1. The van der Waals surface area contributed by atoms with E-state index in [1.54, 1.807) is 6.07 Å². The predicted octanol–water partition coefficient (Wildman–Crippen LogP) is 3.47. The first kappa shape index (κ1) is 11.7. The van der Waals surface area contributed by atoms with Gasteiger partial charge in [-0.3, -0.25) is 9.78 Å². The molecule has 5 heteroatoms. The number of rotatable bonds is 2. The van der Waals surface area contributed by atoms with E-state index in [0.717, 1.165) is 16.6 Å². The van der Waals surface area contributed by atoms with Gasteiger partial charge in [0.1, 0.15) is 5.69 Å². The first-order chi connectivity index (χ1) is 9.22. The number of H-pyrrole nitrogens is 1. The van der Waals surface area contributed by atoms with Crippen molar-refractivity contribution in [1.82, 2.24) is 9.97 Å². The molecule has 0 aliphatic heterocycles. The number of benzene rings is 1. The van der Waals surface area contributed by atoms with Crippen molar-refractivity contribution in [2.75, 3.05) is 5.32 Å². The number of hydrogen-bond acceptors (Lipinski definition) is 2. The quantitative estimate of drug-likeness (QED) is 0.750. The van der Waals surface area contributed by atoms with Gasteiger partial charge in [-0.2, -0.15) is 0 Å². The molecule has 0 spiro atoms. The Kier molecular flexibility index (Phi) is 2.93. The molecule has 0 fully saturated rings. The molecule has 3 aromatic rings. The summed E-state index contributed by atoms with van der Waals surface area (Å²) in [5, 5.41) is 4.32. The molecule has 94 valence electrons. The first-order valence-electron chi connectivity index (χ1n) is 5.72. The van der Waals surface area contributed by atoms with Crippen LogP contribution in [0.15, 0.2) is 48.8 Å². The minimum Gasteiger partial charge on any atom is -0.361 e. The fourth-order valence-electron chi connectivity index (χ4n) is 1.86. The molecule has 19 heavy (non-hydrogen) atoms. The standard InChI is InChI=1S/C14H10ClN3O/c15-10-4-6-17-13(8-10)14(19)18-11-1-2-12-9(7-11)3-5-16-12/h1-8,16H,(H,18,19). The molecule has 2 heterocycles. The van der Waals surface area contributed by atoms with Crippen molar-refractivity contribution >= 4 is 34.1 Å². The molecular weight excluding hydrogens is 262 g/mol. The molecule has 1 aromatic carbocycles. The summed E-state index contributed by atoms with van der Waals surface area (Å²) in [4.78, 5) is 19.1. The molecule has 3 rings (SSSR count). The number of carbonyl (C=O) groups is 1. The highest BCUT2D eigenvalue weighted by molar-refractivity contribution is 6.30. The van der Waals surface area contributed by atoms with Crippen molar-refractivity contribution in [2.45, 2.75) is 0 Å². The Balaban J connectivity index is 1.86. The number of anilines is 1. The number of aromatic nitrogens is 2. The van der Waals surface area contributed by atoms with Crippen molar-refractivity contribution in [3.8, 4) is 0 Å². The molecule has 0 saturated heterocycles. The van der Waals surface area contributed by atoms with Crippen molar-refractivity contribution in [3.05, 3.63) is 59.5 Å². The lowest BCUT2D eigenvalue weighted by Crippen LogP contribution is -2.13. The second-order valence-corrected chi connectivity index (χ2v) is 4.53. The Morgan fingerprint density at radius 2 is 2.11 bits per heavy atom. The van der Waals surface area contributed by atoms with Gasteiger partial charge in [0.15, 0.2) is 0 Å². The van der Waals surface area contributed by atoms with Gasteiger partial charge in [0.05, 0.1) is 0 Å². The number of fused-ring (bicyclic) bond motifs is 1. The number of hydrogen-bond donors (Lipinski definition) is 2. The van der Waals surface area contributed by atoms with Gasteiger partial charge < -0.3 is 10.3 Å². The average molecular weight is 272 g/mol. The summed E-state index contributed by atoms with van der Waals surface area (Å²) in [7, 11) is 0. The van der Waals surface area contributed by atoms with E-state index in [-0.39, 0.29) is 5.91 Å². The lowest BCUT2D eigenvalue weighted by molar-refractivity contribution is 0.102. The topological polar surface area (TPSA) is 57.8 Å². The third-order valence-electron chi connectivity index (χ3n) is 2.77. The van der Waals surface area contributed by atoms with Crippen molar-refractivity contribution in [1.29, 1.82) is 0 Å². The van der Waals surface area contributed by atoms with Crippen LogP contribution in [0.2, 0.25) is 5.02 Å². The summed E-state index contributed by atoms with van der Waals surface area (Å²) in [6.45, 7) is 0. The predicted molar refractivity (Wildman–Crippen MR) is 75.5 cm³/mol. The minimum atomic E-state index is -0.280. The van der Waals surface area contributed by atoms with Crippen LogP contribution in [0.3, 0.4) is 0 Å². The highest BCUT2D eigenvalue weighted by atomic mass is 35.5. The molecule has 4 nitrogen and oxygen atoms in total. The Morgan fingerprint density at radius 1 is 1.21 bits per heavy atom. The van der Waals surface area contributed by atoms with E-state index in [1.165, 1.54) is 12.3 Å². The third kappa shape index (κ3) is 2.44. The number of nitrogens with one attached hydrogen (secondary N) is 2. The number of halogens is 1. The zero-order chi connectivity index (χ0) is 13.2. The van der Waals surface area contributed by atoms with Crippen LogP contribution in [-0.4, -0.2) is 15.9 Å². The van der Waals surface area contributed by atoms with Crippen LogP contribution in [0, 0.1) is 0 Å². The summed E-state index contributed by atoms with van der Waals surface area (Å²) in [6.07, 6.45) is 3.36. The second kappa shape index (κ2) is 4.74. The van der Waals surface area contributed by atoms with Crippen LogP contribution in [0.4, 0.5) is 5.69 Å². The maximum absolute atomic E-state index is 12.0. The summed E-state index contributed by atoms with van der Waals surface area (Å²) < 4.78 is 0. The Bertz CT molecular complexity index is 751. The Hall–Kier alpha value is -2.33. The van der Waals surface area contributed by atoms with Crippen LogP contribution >= 0.6 is 11.6 Å². The average Bonchev–Trinajstić information content (AvgIpc) is 2.86. The number of nitrogens with zero attached hydrogens (tertiary/aromatic N) is 1. The van der Waals surface area contributed by atoms with Crippen molar-refractivity contribution in [2.24, 2.45) is 0 Å². The molecule has 0 unspecified atom stereocenters. The van der Waals surface area contributed by atoms with Crippen molar-refractivity contribution in [3.63, 3.8) is 0 Å². The lowest BCUT2D eigenvalue weighted by Gasteiger charge is -2.05. The van der Waals surface area contributed by atoms with Gasteiger partial charge in [-0.05, 0) is 36.4 Å². The molecular formula is C14H10ClN3O. The molecule has 1 amide bonds. The maximum atomic E-state index is 12.0. The third-order valence-corrected chi connectivity index (χ3v) is 3.00. The molecule has 0 aliphatic rings. The Morgan fingerprint density at radius 3 is 2.95 bits per heavy atom. The fourth-order valence-corrected chi connectivity index (χ4v) is 2.01. The number of carbonyl (C=O) groups excluding carboxylic acids is 1. The lowest BCUT2D eigenvalue weighted by atomic mass is 10.2. The molecule has 0 radical (unpaired) electrons. The van der Waals surface area contributed by atoms with E-state index in [4.69, 9.17) is 11.6 Å². The molecule has 0 saturated carbocycles. The van der Waals surface area contributed by atoms with Crippen LogP contribution < -0.4 is 5.32 Å². The van der Waals surface area contributed by atoms with Gasteiger partial charge in [-0.15, -0.1) is 0 Å². The molecule has 2 N–H and O–H groups in total. The van der Waals surface area contributed by atoms with Gasteiger partial charge in [-0.1, -0.05) is 11.6 Å². The maximum Gasteiger partial charge on any atom is 0.274 e. The number of amides is 1. The van der Waals surface area contributed by atoms with E-state index in [1.807, 2.05) is 30.5 Å². The number of pyridine rings is 1. The second-order valence-electron chi connectivity index (χ2n) is 4.09. The molecule has 0 atom stereocenters. The number of aromatic amines is 1. The van der Waals surface area contributed by atoms with E-state index in [0.29, 0.717) is 10.7 Å². The first-order valence-corrected chi connectivity index (χ1v) is 6.10. The van der Waals surface area contributed by atoms with E-state index in [2.05, 4.69) is 15.3 Å². The van der Waals surface area contributed by atoms with Crippen LogP contribution in [0.1, 0.15) is 10.5 Å². The fraction of sp³-hybridized carbons (Fsp3) is 0. The largest absolute Gasteiger partial charge is 0.361 e. The highest BCUT2D eigenvalue weighted by Gasteiger charge is 2.08. The van der Waals surface area contributed by atoms with E-state index in [9.17, 15) is 4.79 Å². The summed E-state index contributed by atoms with van der Waals surface area (Å²) in [5.74, 6) is -0.280. The van der Waals surface area contributed by atoms with E-state index < -0.39 is 0 Å².